The number of carbonyl (C=O) groups excluding carboxylic acids is 1. The molecule has 0 bridgehead atoms. The van der Waals surface area contributed by atoms with Crippen molar-refractivity contribution >= 4 is 23.2 Å². The summed E-state index contributed by atoms with van der Waals surface area (Å²) in [6.45, 7) is 4.63. The summed E-state index contributed by atoms with van der Waals surface area (Å²) in [5, 5.41) is 3.65. The number of thiocarbonyl (C=S) groups is 1. The minimum Gasteiger partial charge on any atom is -0.497 e. The average molecular weight is 295 g/mol. The molecule has 0 saturated heterocycles. The second-order valence-corrected chi connectivity index (χ2v) is 5.08. The van der Waals surface area contributed by atoms with E-state index in [1.54, 1.807) is 12.0 Å². The zero-order valence-electron chi connectivity index (χ0n) is 12.1. The van der Waals surface area contributed by atoms with Crippen molar-refractivity contribution in [1.82, 2.24) is 10.2 Å². The van der Waals surface area contributed by atoms with Crippen LogP contribution in [0.1, 0.15) is 19.4 Å². The highest BCUT2D eigenvalue weighted by atomic mass is 32.1. The minimum atomic E-state index is -0.396. The molecule has 0 aliphatic carbocycles. The van der Waals surface area contributed by atoms with Crippen LogP contribution in [0.25, 0.3) is 0 Å². The normalized spacial score (nSPS) is 10.2. The molecule has 1 aromatic carbocycles. The molecule has 1 aromatic rings. The van der Waals surface area contributed by atoms with Crippen molar-refractivity contribution in [3.63, 3.8) is 0 Å². The Morgan fingerprint density at radius 1 is 1.40 bits per heavy atom. The molecule has 0 aliphatic rings. The lowest BCUT2D eigenvalue weighted by Gasteiger charge is -2.28. The number of hydrogen-bond donors (Lipinski definition) is 2. The van der Waals surface area contributed by atoms with Gasteiger partial charge in [-0.3, -0.25) is 4.79 Å². The van der Waals surface area contributed by atoms with Gasteiger partial charge in [-0.2, -0.15) is 0 Å². The lowest BCUT2D eigenvalue weighted by Crippen LogP contribution is -2.47. The second-order valence-electron chi connectivity index (χ2n) is 4.69. The largest absolute Gasteiger partial charge is 0.497 e. The van der Waals surface area contributed by atoms with Gasteiger partial charge in [0.2, 0.25) is 5.91 Å². The first kappa shape index (κ1) is 16.2. The van der Waals surface area contributed by atoms with E-state index in [4.69, 9.17) is 22.7 Å². The van der Waals surface area contributed by atoms with E-state index in [-0.39, 0.29) is 12.6 Å². The maximum absolute atomic E-state index is 11.0. The topological polar surface area (TPSA) is 67.6 Å². The van der Waals surface area contributed by atoms with Crippen LogP contribution in [0, 0.1) is 0 Å². The maximum Gasteiger partial charge on any atom is 0.237 e. The van der Waals surface area contributed by atoms with E-state index >= 15 is 0 Å². The van der Waals surface area contributed by atoms with Crippen molar-refractivity contribution in [3.8, 4) is 5.75 Å². The van der Waals surface area contributed by atoms with Crippen LogP contribution in [0.4, 0.5) is 0 Å². The smallest absolute Gasteiger partial charge is 0.237 e. The number of carbonyl (C=O) groups is 1. The Hall–Kier alpha value is -1.82. The van der Waals surface area contributed by atoms with Gasteiger partial charge in [-0.1, -0.05) is 12.1 Å². The van der Waals surface area contributed by atoms with E-state index in [9.17, 15) is 4.79 Å². The van der Waals surface area contributed by atoms with E-state index < -0.39 is 5.91 Å². The summed E-state index contributed by atoms with van der Waals surface area (Å²) >= 11 is 5.30. The Morgan fingerprint density at radius 3 is 2.45 bits per heavy atom. The zero-order chi connectivity index (χ0) is 15.1. The van der Waals surface area contributed by atoms with Crippen molar-refractivity contribution in [2.24, 2.45) is 5.73 Å². The van der Waals surface area contributed by atoms with Crippen LogP contribution in [0.3, 0.4) is 0 Å². The van der Waals surface area contributed by atoms with Crippen molar-refractivity contribution in [2.45, 2.75) is 26.4 Å². The first-order chi connectivity index (χ1) is 9.43. The van der Waals surface area contributed by atoms with E-state index in [0.717, 1.165) is 11.3 Å². The molecule has 0 aliphatic heterocycles. The number of hydrogen-bond acceptors (Lipinski definition) is 3. The summed E-state index contributed by atoms with van der Waals surface area (Å²) in [5.74, 6) is 0.418. The van der Waals surface area contributed by atoms with Gasteiger partial charge in [0.1, 0.15) is 5.75 Å². The number of rotatable bonds is 6. The molecule has 0 atom stereocenters. The predicted molar refractivity (Wildman–Crippen MR) is 83.5 cm³/mol. The molecule has 0 heterocycles. The SMILES string of the molecule is COc1ccc(CNC(=S)N(CC(N)=O)C(C)C)cc1. The molecule has 1 rings (SSSR count). The Balaban J connectivity index is 2.57. The molecule has 5 nitrogen and oxygen atoms in total. The molecular weight excluding hydrogens is 274 g/mol. The van der Waals surface area contributed by atoms with Crippen molar-refractivity contribution in [2.75, 3.05) is 13.7 Å². The molecule has 110 valence electrons. The van der Waals surface area contributed by atoms with E-state index in [1.807, 2.05) is 38.1 Å². The molecule has 0 fully saturated rings. The van der Waals surface area contributed by atoms with Gasteiger partial charge in [-0.15, -0.1) is 0 Å². The summed E-state index contributed by atoms with van der Waals surface area (Å²) in [4.78, 5) is 12.8. The summed E-state index contributed by atoms with van der Waals surface area (Å²) < 4.78 is 5.10. The van der Waals surface area contributed by atoms with Gasteiger partial charge in [0, 0.05) is 12.6 Å². The third-order valence-corrected chi connectivity index (χ3v) is 3.19. The van der Waals surface area contributed by atoms with E-state index in [2.05, 4.69) is 5.32 Å². The third kappa shape index (κ3) is 5.05. The molecule has 0 aromatic heterocycles. The van der Waals surface area contributed by atoms with Crippen LogP contribution >= 0.6 is 12.2 Å². The fourth-order valence-corrected chi connectivity index (χ4v) is 2.03. The molecule has 20 heavy (non-hydrogen) atoms. The van der Waals surface area contributed by atoms with Crippen LogP contribution < -0.4 is 15.8 Å². The summed E-state index contributed by atoms with van der Waals surface area (Å²) in [6, 6.07) is 7.82. The predicted octanol–water partition coefficient (Wildman–Crippen LogP) is 1.27. The van der Waals surface area contributed by atoms with Gasteiger partial charge in [-0.25, -0.2) is 0 Å². The Labute approximate surface area is 125 Å². The monoisotopic (exact) mass is 295 g/mol. The maximum atomic E-state index is 11.0. The first-order valence-electron chi connectivity index (χ1n) is 6.39. The summed E-state index contributed by atoms with van der Waals surface area (Å²) in [5.41, 5.74) is 6.31. The van der Waals surface area contributed by atoms with Crippen LogP contribution in [-0.2, 0) is 11.3 Å². The fraction of sp³-hybridized carbons (Fsp3) is 0.429. The molecule has 3 N–H and O–H groups in total. The number of nitrogens with two attached hydrogens (primary N) is 1. The molecular formula is C14H21N3O2S. The van der Waals surface area contributed by atoms with Gasteiger partial charge >= 0.3 is 0 Å². The van der Waals surface area contributed by atoms with E-state index in [0.29, 0.717) is 11.7 Å². The molecule has 0 radical (unpaired) electrons. The standard InChI is InChI=1S/C14H21N3O2S/c1-10(2)17(9-13(15)18)14(20)16-8-11-4-6-12(19-3)7-5-11/h4-7,10H,8-9H2,1-3H3,(H2,15,18)(H,16,20). The number of nitrogens with zero attached hydrogens (tertiary/aromatic N) is 1. The summed E-state index contributed by atoms with van der Waals surface area (Å²) in [7, 11) is 1.63. The van der Waals surface area contributed by atoms with Crippen molar-refractivity contribution in [3.05, 3.63) is 29.8 Å². The number of benzene rings is 1. The third-order valence-electron chi connectivity index (χ3n) is 2.81. The highest BCUT2D eigenvalue weighted by molar-refractivity contribution is 7.80. The van der Waals surface area contributed by atoms with Gasteiger partial charge in [-0.05, 0) is 43.8 Å². The number of ether oxygens (including phenoxy) is 1. The Morgan fingerprint density at radius 2 is 2.00 bits per heavy atom. The van der Waals surface area contributed by atoms with Gasteiger partial charge in [0.25, 0.3) is 0 Å². The van der Waals surface area contributed by atoms with Crippen LogP contribution in [-0.4, -0.2) is 35.6 Å². The van der Waals surface area contributed by atoms with Crippen LogP contribution in [0.2, 0.25) is 0 Å². The highest BCUT2D eigenvalue weighted by Crippen LogP contribution is 2.11. The van der Waals surface area contributed by atoms with Crippen molar-refractivity contribution < 1.29 is 9.53 Å². The zero-order valence-corrected chi connectivity index (χ0v) is 12.9. The van der Waals surface area contributed by atoms with Gasteiger partial charge in [0.05, 0.1) is 13.7 Å². The second kappa shape index (κ2) is 7.69. The highest BCUT2D eigenvalue weighted by Gasteiger charge is 2.15. The minimum absolute atomic E-state index is 0.110. The quantitative estimate of drug-likeness (QED) is 0.774. The van der Waals surface area contributed by atoms with Gasteiger partial charge in [0.15, 0.2) is 5.11 Å². The molecule has 0 saturated carbocycles. The number of nitrogens with one attached hydrogen (secondary N) is 1. The van der Waals surface area contributed by atoms with Crippen LogP contribution in [0.15, 0.2) is 24.3 Å². The molecule has 1 amide bonds. The Kier molecular flexibility index (Phi) is 6.24. The Bertz CT molecular complexity index is 460. The fourth-order valence-electron chi connectivity index (χ4n) is 1.68. The van der Waals surface area contributed by atoms with E-state index in [1.165, 1.54) is 0 Å². The molecule has 0 spiro atoms. The van der Waals surface area contributed by atoms with Crippen molar-refractivity contribution in [1.29, 1.82) is 0 Å². The lowest BCUT2D eigenvalue weighted by atomic mass is 10.2. The van der Waals surface area contributed by atoms with Gasteiger partial charge < -0.3 is 20.7 Å². The van der Waals surface area contributed by atoms with Crippen LogP contribution in [0.5, 0.6) is 5.75 Å². The number of amides is 1. The number of methoxy groups -OCH3 is 1. The average Bonchev–Trinajstić information content (AvgIpc) is 2.42. The number of primary amides is 1. The molecule has 0 unspecified atom stereocenters. The lowest BCUT2D eigenvalue weighted by molar-refractivity contribution is -0.118. The first-order valence-corrected chi connectivity index (χ1v) is 6.80. The summed E-state index contributed by atoms with van der Waals surface area (Å²) in [6.07, 6.45) is 0. The molecule has 6 heteroatoms.